The molecule has 0 saturated carbocycles. The molecule has 0 radical (unpaired) electrons. The van der Waals surface area contributed by atoms with Crippen molar-refractivity contribution in [1.82, 2.24) is 0 Å². The lowest BCUT2D eigenvalue weighted by molar-refractivity contribution is 0.467. The van der Waals surface area contributed by atoms with E-state index in [1.165, 1.54) is 12.1 Å². The van der Waals surface area contributed by atoms with Gasteiger partial charge in [-0.1, -0.05) is 29.3 Å². The third-order valence-electron chi connectivity index (χ3n) is 2.82. The molecule has 2 N–H and O–H groups in total. The topological polar surface area (TPSA) is 35.2 Å². The lowest BCUT2D eigenvalue weighted by atomic mass is 10.1. The summed E-state index contributed by atoms with van der Waals surface area (Å²) in [5.74, 6) is 0.537. The first-order chi connectivity index (χ1) is 9.51. The summed E-state index contributed by atoms with van der Waals surface area (Å²) in [6.45, 7) is 2.53. The van der Waals surface area contributed by atoms with Crippen LogP contribution in [0.15, 0.2) is 34.8 Å². The minimum atomic E-state index is -0.516. The molecule has 20 heavy (non-hydrogen) atoms. The van der Waals surface area contributed by atoms with Gasteiger partial charge in [-0.05, 0) is 53.5 Å². The number of halogens is 3. The van der Waals surface area contributed by atoms with Crippen LogP contribution in [-0.4, -0.2) is 6.54 Å². The van der Waals surface area contributed by atoms with Crippen LogP contribution < -0.4 is 10.5 Å². The maximum atomic E-state index is 13.5. The van der Waals surface area contributed by atoms with Gasteiger partial charge in [-0.3, -0.25) is 0 Å². The molecule has 0 fully saturated rings. The van der Waals surface area contributed by atoms with Gasteiger partial charge in [-0.2, -0.15) is 0 Å². The van der Waals surface area contributed by atoms with Gasteiger partial charge in [0.25, 0.3) is 0 Å². The highest BCUT2D eigenvalue weighted by molar-refractivity contribution is 9.10. The normalized spacial score (nSPS) is 10.7. The molecule has 5 heteroatoms. The van der Waals surface area contributed by atoms with Crippen molar-refractivity contribution in [2.24, 2.45) is 5.73 Å². The van der Waals surface area contributed by atoms with Crippen LogP contribution in [0.25, 0.3) is 0 Å². The van der Waals surface area contributed by atoms with Gasteiger partial charge in [0.1, 0.15) is 17.3 Å². The highest BCUT2D eigenvalue weighted by Gasteiger charge is 2.11. The second-order valence-corrected chi connectivity index (χ2v) is 5.71. The summed E-state index contributed by atoms with van der Waals surface area (Å²) in [4.78, 5) is 0. The molecular formula is C15H14BrClFNO. The zero-order valence-corrected chi connectivity index (χ0v) is 13.3. The molecule has 2 aromatic carbocycles. The fourth-order valence-corrected chi connectivity index (χ4v) is 2.58. The average Bonchev–Trinajstić information content (AvgIpc) is 2.39. The molecule has 106 valence electrons. The first kappa shape index (κ1) is 15.3. The van der Waals surface area contributed by atoms with E-state index < -0.39 is 5.82 Å². The molecular weight excluding hydrogens is 345 g/mol. The fourth-order valence-electron chi connectivity index (χ4n) is 1.86. The van der Waals surface area contributed by atoms with E-state index in [2.05, 4.69) is 15.9 Å². The molecule has 2 aromatic rings. The van der Waals surface area contributed by atoms with E-state index in [9.17, 15) is 4.39 Å². The van der Waals surface area contributed by atoms with Crippen LogP contribution in [0.3, 0.4) is 0 Å². The van der Waals surface area contributed by atoms with Crippen molar-refractivity contribution in [3.05, 3.63) is 56.8 Å². The predicted octanol–water partition coefficient (Wildman–Crippen LogP) is 4.84. The molecule has 2 rings (SSSR count). The highest BCUT2D eigenvalue weighted by Crippen LogP contribution is 2.35. The Kier molecular flexibility index (Phi) is 5.02. The Morgan fingerprint density at radius 2 is 2.00 bits per heavy atom. The third kappa shape index (κ3) is 3.51. The Hall–Kier alpha value is -1.10. The second kappa shape index (κ2) is 6.57. The van der Waals surface area contributed by atoms with Gasteiger partial charge >= 0.3 is 0 Å². The molecule has 0 aromatic heterocycles. The molecule has 0 atom stereocenters. The summed E-state index contributed by atoms with van der Waals surface area (Å²) in [5.41, 5.74) is 7.73. The van der Waals surface area contributed by atoms with Gasteiger partial charge in [0, 0.05) is 6.07 Å². The Labute approximate surface area is 130 Å². The summed E-state index contributed by atoms with van der Waals surface area (Å²) >= 11 is 9.03. The highest BCUT2D eigenvalue weighted by atomic mass is 79.9. The third-order valence-corrected chi connectivity index (χ3v) is 3.73. The average molecular weight is 359 g/mol. The van der Waals surface area contributed by atoms with Crippen molar-refractivity contribution >= 4 is 27.5 Å². The van der Waals surface area contributed by atoms with Crippen LogP contribution in [0, 0.1) is 12.7 Å². The molecule has 0 saturated heterocycles. The summed E-state index contributed by atoms with van der Waals surface area (Å²) in [6.07, 6.45) is 0.699. The minimum absolute atomic E-state index is 0.0512. The maximum Gasteiger partial charge on any atom is 0.145 e. The predicted molar refractivity (Wildman–Crippen MR) is 83.1 cm³/mol. The van der Waals surface area contributed by atoms with Crippen molar-refractivity contribution in [2.45, 2.75) is 13.3 Å². The Bertz CT molecular complexity index is 634. The van der Waals surface area contributed by atoms with E-state index in [0.29, 0.717) is 28.9 Å². The molecule has 0 unspecified atom stereocenters. The van der Waals surface area contributed by atoms with Crippen molar-refractivity contribution < 1.29 is 9.13 Å². The zero-order valence-electron chi connectivity index (χ0n) is 10.9. The van der Waals surface area contributed by atoms with Gasteiger partial charge in [0.05, 0.1) is 9.50 Å². The van der Waals surface area contributed by atoms with Gasteiger partial charge < -0.3 is 10.5 Å². The Morgan fingerprint density at radius 3 is 2.70 bits per heavy atom. The lowest BCUT2D eigenvalue weighted by Gasteiger charge is -2.13. The molecule has 0 aliphatic heterocycles. The number of aryl methyl sites for hydroxylation is 1. The first-order valence-corrected chi connectivity index (χ1v) is 7.30. The van der Waals surface area contributed by atoms with Crippen LogP contribution >= 0.6 is 27.5 Å². The smallest absolute Gasteiger partial charge is 0.145 e. The number of rotatable bonds is 4. The summed E-state index contributed by atoms with van der Waals surface area (Å²) in [6, 6.07) is 8.55. The van der Waals surface area contributed by atoms with Crippen molar-refractivity contribution in [1.29, 1.82) is 0 Å². The summed E-state index contributed by atoms with van der Waals surface area (Å²) < 4.78 is 19.9. The van der Waals surface area contributed by atoms with Crippen LogP contribution in [-0.2, 0) is 6.42 Å². The first-order valence-electron chi connectivity index (χ1n) is 6.13. The molecule has 0 aliphatic rings. The molecule has 0 heterocycles. The quantitative estimate of drug-likeness (QED) is 0.793. The van der Waals surface area contributed by atoms with Gasteiger partial charge in [-0.15, -0.1) is 0 Å². The van der Waals surface area contributed by atoms with Crippen LogP contribution in [0.2, 0.25) is 5.02 Å². The van der Waals surface area contributed by atoms with Gasteiger partial charge in [-0.25, -0.2) is 4.39 Å². The SMILES string of the molecule is Cc1ccc(Oc2cc(F)c(Cl)cc2Br)c(CCN)c1. The molecule has 0 bridgehead atoms. The molecule has 0 spiro atoms. The number of benzene rings is 2. The minimum Gasteiger partial charge on any atom is -0.456 e. The van der Waals surface area contributed by atoms with Crippen molar-refractivity contribution in [3.63, 3.8) is 0 Å². The lowest BCUT2D eigenvalue weighted by Crippen LogP contribution is -2.04. The Morgan fingerprint density at radius 1 is 1.25 bits per heavy atom. The molecule has 0 aliphatic carbocycles. The summed E-state index contributed by atoms with van der Waals surface area (Å²) in [7, 11) is 0. The fraction of sp³-hybridized carbons (Fsp3) is 0.200. The standard InChI is InChI=1S/C15H14BrClFNO/c1-9-2-3-14(10(6-9)4-5-19)20-15-8-13(18)12(17)7-11(15)16/h2-3,6-8H,4-5,19H2,1H3. The van der Waals surface area contributed by atoms with E-state index in [-0.39, 0.29) is 5.02 Å². The second-order valence-electron chi connectivity index (χ2n) is 4.45. The van der Waals surface area contributed by atoms with E-state index in [1.807, 2.05) is 25.1 Å². The van der Waals surface area contributed by atoms with E-state index in [0.717, 1.165) is 11.1 Å². The van der Waals surface area contributed by atoms with Crippen molar-refractivity contribution in [3.8, 4) is 11.5 Å². The monoisotopic (exact) mass is 357 g/mol. The molecule has 2 nitrogen and oxygen atoms in total. The van der Waals surface area contributed by atoms with E-state index in [1.54, 1.807) is 0 Å². The zero-order chi connectivity index (χ0) is 14.7. The van der Waals surface area contributed by atoms with E-state index >= 15 is 0 Å². The van der Waals surface area contributed by atoms with E-state index in [4.69, 9.17) is 22.1 Å². The number of hydrogen-bond acceptors (Lipinski definition) is 2. The van der Waals surface area contributed by atoms with Crippen LogP contribution in [0.4, 0.5) is 4.39 Å². The summed E-state index contributed by atoms with van der Waals surface area (Å²) in [5, 5.41) is 0.0512. The van der Waals surface area contributed by atoms with Crippen LogP contribution in [0.5, 0.6) is 11.5 Å². The van der Waals surface area contributed by atoms with Gasteiger partial charge in [0.2, 0.25) is 0 Å². The van der Waals surface area contributed by atoms with Gasteiger partial charge in [0.15, 0.2) is 0 Å². The maximum absolute atomic E-state index is 13.5. The van der Waals surface area contributed by atoms with Crippen molar-refractivity contribution in [2.75, 3.05) is 6.54 Å². The largest absolute Gasteiger partial charge is 0.456 e. The number of nitrogens with two attached hydrogens (primary N) is 1. The van der Waals surface area contributed by atoms with Crippen LogP contribution in [0.1, 0.15) is 11.1 Å². The number of ether oxygens (including phenoxy) is 1. The number of hydrogen-bond donors (Lipinski definition) is 1. The Balaban J connectivity index is 2.37. The molecule has 0 amide bonds.